The summed E-state index contributed by atoms with van der Waals surface area (Å²) in [5.41, 5.74) is 0.392. The first-order chi connectivity index (χ1) is 15.4. The van der Waals surface area contributed by atoms with Crippen LogP contribution in [0.3, 0.4) is 0 Å². The molecule has 0 aliphatic carbocycles. The van der Waals surface area contributed by atoms with Crippen molar-refractivity contribution in [2.24, 2.45) is 0 Å². The van der Waals surface area contributed by atoms with Gasteiger partial charge in [-0.1, -0.05) is 25.7 Å². The zero-order valence-electron chi connectivity index (χ0n) is 17.4. The molecule has 10 heteroatoms. The van der Waals surface area contributed by atoms with E-state index in [1.807, 2.05) is 0 Å². The molecule has 0 heterocycles. The second-order valence-electron chi connectivity index (χ2n) is 7.00. The van der Waals surface area contributed by atoms with E-state index in [1.54, 1.807) is 0 Å². The Kier molecular flexibility index (Phi) is 9.76. The zero-order valence-corrected chi connectivity index (χ0v) is 17.4. The SMILES string of the molecule is O=C(OCCCCCCCCOC(=O)c1ccc([N+](=O)[O-])cc1)c1ccc([N+](=O)[O-])cc1. The Balaban J connectivity index is 1.49. The number of nitro groups is 2. The van der Waals surface area contributed by atoms with E-state index in [0.29, 0.717) is 12.8 Å². The standard InChI is InChI=1S/C22H24N2O8/c25-21(17-7-11-19(12-8-17)23(27)28)31-15-5-3-1-2-4-6-16-32-22(26)18-9-13-20(14-10-18)24(29)30/h7-14H,1-6,15-16H2. The lowest BCUT2D eigenvalue weighted by Gasteiger charge is -2.06. The molecular weight excluding hydrogens is 420 g/mol. The number of nitrogens with zero attached hydrogens (tertiary/aromatic N) is 2. The molecule has 0 aromatic heterocycles. The fraction of sp³-hybridized carbons (Fsp3) is 0.364. The average Bonchev–Trinajstić information content (AvgIpc) is 2.80. The van der Waals surface area contributed by atoms with Gasteiger partial charge in [-0.25, -0.2) is 9.59 Å². The van der Waals surface area contributed by atoms with Crippen molar-refractivity contribution < 1.29 is 28.9 Å². The van der Waals surface area contributed by atoms with Crippen molar-refractivity contribution in [2.75, 3.05) is 13.2 Å². The molecule has 0 radical (unpaired) electrons. The first-order valence-corrected chi connectivity index (χ1v) is 10.2. The zero-order chi connectivity index (χ0) is 23.3. The summed E-state index contributed by atoms with van der Waals surface area (Å²) in [6.45, 7) is 0.561. The number of ether oxygens (including phenoxy) is 2. The van der Waals surface area contributed by atoms with E-state index in [2.05, 4.69) is 0 Å². The predicted octanol–water partition coefficient (Wildman–Crippen LogP) is 4.86. The van der Waals surface area contributed by atoms with Gasteiger partial charge in [0.15, 0.2) is 0 Å². The van der Waals surface area contributed by atoms with Gasteiger partial charge in [0.2, 0.25) is 0 Å². The van der Waals surface area contributed by atoms with Gasteiger partial charge < -0.3 is 9.47 Å². The van der Waals surface area contributed by atoms with Gasteiger partial charge in [0.05, 0.1) is 34.2 Å². The molecule has 0 aliphatic rings. The lowest BCUT2D eigenvalue weighted by molar-refractivity contribution is -0.385. The van der Waals surface area contributed by atoms with Gasteiger partial charge in [0, 0.05) is 24.3 Å². The molecule has 0 spiro atoms. The van der Waals surface area contributed by atoms with Gasteiger partial charge in [-0.15, -0.1) is 0 Å². The van der Waals surface area contributed by atoms with Crippen molar-refractivity contribution >= 4 is 23.3 Å². The number of non-ortho nitro benzene ring substituents is 2. The second kappa shape index (κ2) is 12.8. The van der Waals surface area contributed by atoms with Crippen LogP contribution in [0.5, 0.6) is 0 Å². The quantitative estimate of drug-likeness (QED) is 0.185. The molecule has 0 atom stereocenters. The summed E-state index contributed by atoms with van der Waals surface area (Å²) >= 11 is 0. The van der Waals surface area contributed by atoms with Crippen LogP contribution in [0, 0.1) is 20.2 Å². The third-order valence-electron chi connectivity index (χ3n) is 4.63. The average molecular weight is 444 g/mol. The molecule has 2 aromatic carbocycles. The van der Waals surface area contributed by atoms with Crippen LogP contribution in [-0.4, -0.2) is 35.0 Å². The van der Waals surface area contributed by atoms with Crippen LogP contribution >= 0.6 is 0 Å². The number of rotatable bonds is 13. The van der Waals surface area contributed by atoms with Crippen LogP contribution < -0.4 is 0 Å². The lowest BCUT2D eigenvalue weighted by atomic mass is 10.1. The molecular formula is C22H24N2O8. The molecule has 0 bridgehead atoms. The van der Waals surface area contributed by atoms with Gasteiger partial charge in [-0.05, 0) is 37.1 Å². The minimum absolute atomic E-state index is 0.0809. The molecule has 0 saturated heterocycles. The first-order valence-electron chi connectivity index (χ1n) is 10.2. The number of nitro benzene ring substituents is 2. The van der Waals surface area contributed by atoms with E-state index >= 15 is 0 Å². The summed E-state index contributed by atoms with van der Waals surface area (Å²) in [6.07, 6.45) is 5.10. The van der Waals surface area contributed by atoms with E-state index in [9.17, 15) is 29.8 Å². The van der Waals surface area contributed by atoms with Gasteiger partial charge in [0.1, 0.15) is 0 Å². The molecule has 10 nitrogen and oxygen atoms in total. The van der Waals surface area contributed by atoms with E-state index in [-0.39, 0.29) is 35.7 Å². The summed E-state index contributed by atoms with van der Waals surface area (Å²) in [4.78, 5) is 43.9. The number of hydrogen-bond acceptors (Lipinski definition) is 8. The number of benzene rings is 2. The Morgan fingerprint density at radius 2 is 0.906 bits per heavy atom. The van der Waals surface area contributed by atoms with Gasteiger partial charge in [-0.3, -0.25) is 20.2 Å². The maximum atomic E-state index is 11.9. The van der Waals surface area contributed by atoms with Crippen molar-refractivity contribution in [3.05, 3.63) is 79.9 Å². The first kappa shape index (κ1) is 24.4. The minimum Gasteiger partial charge on any atom is -0.462 e. The van der Waals surface area contributed by atoms with Crippen molar-refractivity contribution in [3.63, 3.8) is 0 Å². The number of esters is 2. The number of unbranched alkanes of at least 4 members (excludes halogenated alkanes) is 5. The van der Waals surface area contributed by atoms with Crippen LogP contribution in [-0.2, 0) is 9.47 Å². The molecule has 2 aromatic rings. The largest absolute Gasteiger partial charge is 0.462 e. The maximum absolute atomic E-state index is 11.9. The number of carbonyl (C=O) groups excluding carboxylic acids is 2. The Hall–Kier alpha value is -3.82. The van der Waals surface area contributed by atoms with E-state index in [1.165, 1.54) is 48.5 Å². The van der Waals surface area contributed by atoms with E-state index < -0.39 is 21.8 Å². The van der Waals surface area contributed by atoms with Crippen LogP contribution in [0.15, 0.2) is 48.5 Å². The number of hydrogen-bond donors (Lipinski definition) is 0. The molecule has 0 saturated carbocycles. The molecule has 32 heavy (non-hydrogen) atoms. The highest BCUT2D eigenvalue weighted by Gasteiger charge is 2.11. The molecule has 0 fully saturated rings. The van der Waals surface area contributed by atoms with Crippen molar-refractivity contribution in [3.8, 4) is 0 Å². The maximum Gasteiger partial charge on any atom is 0.338 e. The van der Waals surface area contributed by atoms with Crippen LogP contribution in [0.4, 0.5) is 11.4 Å². The van der Waals surface area contributed by atoms with Crippen LogP contribution in [0.1, 0.15) is 59.2 Å². The topological polar surface area (TPSA) is 139 Å². The fourth-order valence-corrected chi connectivity index (χ4v) is 2.85. The van der Waals surface area contributed by atoms with Crippen LogP contribution in [0.25, 0.3) is 0 Å². The predicted molar refractivity (Wildman–Crippen MR) is 114 cm³/mol. The third-order valence-corrected chi connectivity index (χ3v) is 4.63. The summed E-state index contributed by atoms with van der Waals surface area (Å²) in [7, 11) is 0. The van der Waals surface area contributed by atoms with Crippen molar-refractivity contribution in [1.82, 2.24) is 0 Å². The Morgan fingerprint density at radius 1 is 0.594 bits per heavy atom. The summed E-state index contributed by atoms with van der Waals surface area (Å²) in [5, 5.41) is 21.2. The normalized spacial score (nSPS) is 10.4. The van der Waals surface area contributed by atoms with E-state index in [4.69, 9.17) is 9.47 Å². The monoisotopic (exact) mass is 444 g/mol. The lowest BCUT2D eigenvalue weighted by Crippen LogP contribution is -2.07. The molecule has 0 N–H and O–H groups in total. The summed E-state index contributed by atoms with van der Waals surface area (Å²) in [6, 6.07) is 10.5. The molecule has 0 amide bonds. The fourth-order valence-electron chi connectivity index (χ4n) is 2.85. The Morgan fingerprint density at radius 3 is 1.22 bits per heavy atom. The molecule has 0 unspecified atom stereocenters. The smallest absolute Gasteiger partial charge is 0.338 e. The minimum atomic E-state index is -0.530. The Bertz CT molecular complexity index is 848. The third kappa shape index (κ3) is 8.13. The van der Waals surface area contributed by atoms with Crippen molar-refractivity contribution in [1.29, 1.82) is 0 Å². The van der Waals surface area contributed by atoms with Gasteiger partial charge in [-0.2, -0.15) is 0 Å². The van der Waals surface area contributed by atoms with Gasteiger partial charge >= 0.3 is 11.9 Å². The highest BCUT2D eigenvalue weighted by molar-refractivity contribution is 5.90. The van der Waals surface area contributed by atoms with Gasteiger partial charge in [0.25, 0.3) is 11.4 Å². The van der Waals surface area contributed by atoms with Crippen LogP contribution in [0.2, 0.25) is 0 Å². The summed E-state index contributed by atoms with van der Waals surface area (Å²) < 4.78 is 10.3. The molecule has 170 valence electrons. The highest BCUT2D eigenvalue weighted by atomic mass is 16.6. The highest BCUT2D eigenvalue weighted by Crippen LogP contribution is 2.14. The second-order valence-corrected chi connectivity index (χ2v) is 7.00. The molecule has 0 aliphatic heterocycles. The Labute approximate surface area is 184 Å². The van der Waals surface area contributed by atoms with Crippen molar-refractivity contribution in [2.45, 2.75) is 38.5 Å². The molecule has 2 rings (SSSR count). The number of carbonyl (C=O) groups is 2. The van der Waals surface area contributed by atoms with E-state index in [0.717, 1.165) is 25.7 Å². The summed E-state index contributed by atoms with van der Waals surface area (Å²) in [5.74, 6) is -1.01.